The number of hydrogen-bond donors (Lipinski definition) is 0. The third-order valence-corrected chi connectivity index (χ3v) is 5.16. The number of hydrogen-bond acceptors (Lipinski definition) is 3. The van der Waals surface area contributed by atoms with Gasteiger partial charge in [0.1, 0.15) is 5.75 Å². The molecule has 0 aromatic heterocycles. The number of rotatable bonds is 14. The van der Waals surface area contributed by atoms with Crippen LogP contribution in [0.4, 0.5) is 0 Å². The summed E-state index contributed by atoms with van der Waals surface area (Å²) >= 11 is 0. The van der Waals surface area contributed by atoms with Crippen LogP contribution in [0, 0.1) is 0 Å². The molecule has 133 valence electrons. The molecule has 0 aliphatic heterocycles. The van der Waals surface area contributed by atoms with Crippen molar-refractivity contribution in [2.24, 2.45) is 0 Å². The fourth-order valence-corrected chi connectivity index (χ4v) is 3.65. The van der Waals surface area contributed by atoms with Gasteiger partial charge in [0, 0.05) is 29.6 Å². The van der Waals surface area contributed by atoms with Gasteiger partial charge in [-0.25, -0.2) is 0 Å². The first-order valence-corrected chi connectivity index (χ1v) is 10.6. The molecule has 0 aliphatic rings. The average molecular weight is 364 g/mol. The molecule has 24 heavy (non-hydrogen) atoms. The van der Waals surface area contributed by atoms with Crippen LogP contribution in [0.5, 0.6) is 0 Å². The van der Waals surface area contributed by atoms with Gasteiger partial charge in [-0.05, 0) is 12.0 Å². The molecule has 0 heterocycles. The quantitative estimate of drug-likeness (QED) is 0.263. The first-order valence-electron chi connectivity index (χ1n) is 9.05. The van der Waals surface area contributed by atoms with Crippen LogP contribution in [-0.4, -0.2) is 44.6 Å². The Labute approximate surface area is 171 Å². The molecule has 3 nitrogen and oxygen atoms in total. The number of unbranched alkanes of at least 4 members (excludes halogenated alkanes) is 9. The molecule has 1 aromatic rings. The molecular formula is C19H32NaO3S. The first kappa shape index (κ1) is 24.1. The smallest absolute Gasteiger partial charge is 0.270 e. The molecule has 0 unspecified atom stereocenters. The zero-order valence-corrected chi connectivity index (χ0v) is 18.3. The van der Waals surface area contributed by atoms with Crippen LogP contribution in [0.2, 0.25) is 0 Å². The second-order valence-corrected chi connectivity index (χ2v) is 7.83. The van der Waals surface area contributed by atoms with Gasteiger partial charge < -0.3 is 0 Å². The van der Waals surface area contributed by atoms with Crippen LogP contribution in [0.1, 0.15) is 76.7 Å². The van der Waals surface area contributed by atoms with Crippen molar-refractivity contribution in [1.29, 1.82) is 0 Å². The van der Waals surface area contributed by atoms with Crippen LogP contribution in [-0.2, 0) is 20.1 Å². The van der Waals surface area contributed by atoms with Crippen molar-refractivity contribution in [2.75, 3.05) is 6.61 Å². The molecule has 0 atom stereocenters. The summed E-state index contributed by atoms with van der Waals surface area (Å²) in [6.45, 7) is 2.55. The minimum absolute atomic E-state index is 0. The van der Waals surface area contributed by atoms with Crippen molar-refractivity contribution in [2.45, 2.75) is 76.9 Å². The van der Waals surface area contributed by atoms with Crippen molar-refractivity contribution in [1.82, 2.24) is 0 Å². The SMILES string of the molecule is CCCCCCCCCCCCOS(=O)(=O)Cc1ccccc1.[Na]. The Morgan fingerprint density at radius 2 is 1.29 bits per heavy atom. The van der Waals surface area contributed by atoms with Gasteiger partial charge in [-0.3, -0.25) is 4.18 Å². The first-order chi connectivity index (χ1) is 11.1. The molecule has 0 saturated carbocycles. The topological polar surface area (TPSA) is 43.4 Å². The minimum atomic E-state index is -3.44. The fraction of sp³-hybridized carbons (Fsp3) is 0.684. The van der Waals surface area contributed by atoms with E-state index in [0.717, 1.165) is 18.4 Å². The Bertz CT molecular complexity index is 489. The molecule has 0 spiro atoms. The van der Waals surface area contributed by atoms with Crippen molar-refractivity contribution in [3.05, 3.63) is 35.9 Å². The average Bonchev–Trinajstić information content (AvgIpc) is 2.53. The largest absolute Gasteiger partial charge is 0.271 e. The zero-order chi connectivity index (χ0) is 16.8. The molecule has 1 radical (unpaired) electrons. The number of benzene rings is 1. The maximum Gasteiger partial charge on any atom is 0.271 e. The predicted molar refractivity (Wildman–Crippen MR) is 103 cm³/mol. The molecule has 0 aliphatic carbocycles. The van der Waals surface area contributed by atoms with E-state index < -0.39 is 10.1 Å². The Balaban J connectivity index is 0.00000529. The van der Waals surface area contributed by atoms with Gasteiger partial charge in [-0.1, -0.05) is 95.0 Å². The van der Waals surface area contributed by atoms with Gasteiger partial charge in [-0.2, -0.15) is 8.42 Å². The maximum absolute atomic E-state index is 11.8. The van der Waals surface area contributed by atoms with E-state index in [0.29, 0.717) is 6.61 Å². The second kappa shape index (κ2) is 15.4. The van der Waals surface area contributed by atoms with Crippen LogP contribution < -0.4 is 0 Å². The van der Waals surface area contributed by atoms with E-state index in [4.69, 9.17) is 4.18 Å². The summed E-state index contributed by atoms with van der Waals surface area (Å²) in [4.78, 5) is 0. The van der Waals surface area contributed by atoms with E-state index >= 15 is 0 Å². The van der Waals surface area contributed by atoms with Gasteiger partial charge in [0.05, 0.1) is 6.61 Å². The van der Waals surface area contributed by atoms with Crippen LogP contribution >= 0.6 is 0 Å². The third kappa shape index (κ3) is 13.4. The van der Waals surface area contributed by atoms with Crippen LogP contribution in [0.25, 0.3) is 0 Å². The fourth-order valence-electron chi connectivity index (χ4n) is 2.60. The van der Waals surface area contributed by atoms with Crippen LogP contribution in [0.3, 0.4) is 0 Å². The van der Waals surface area contributed by atoms with E-state index in [-0.39, 0.29) is 35.3 Å². The van der Waals surface area contributed by atoms with Crippen molar-refractivity contribution in [3.63, 3.8) is 0 Å². The molecule has 0 bridgehead atoms. The van der Waals surface area contributed by atoms with Gasteiger partial charge in [0.25, 0.3) is 10.1 Å². The Hall–Kier alpha value is 0.130. The summed E-state index contributed by atoms with van der Waals surface area (Å²) in [6.07, 6.45) is 12.3. The normalized spacial score (nSPS) is 11.2. The van der Waals surface area contributed by atoms with E-state index in [1.54, 1.807) is 12.1 Å². The molecular weight excluding hydrogens is 331 g/mol. The van der Waals surface area contributed by atoms with E-state index in [1.165, 1.54) is 51.4 Å². The summed E-state index contributed by atoms with van der Waals surface area (Å²) < 4.78 is 28.8. The molecule has 0 N–H and O–H groups in total. The monoisotopic (exact) mass is 363 g/mol. The van der Waals surface area contributed by atoms with Gasteiger partial charge in [0.2, 0.25) is 0 Å². The molecule has 0 amide bonds. The minimum Gasteiger partial charge on any atom is -0.270 e. The van der Waals surface area contributed by atoms with Crippen molar-refractivity contribution >= 4 is 39.7 Å². The molecule has 1 rings (SSSR count). The second-order valence-electron chi connectivity index (χ2n) is 6.19. The summed E-state index contributed by atoms with van der Waals surface area (Å²) in [5, 5.41) is 0. The predicted octanol–water partition coefficient (Wildman–Crippen LogP) is 5.07. The molecule has 0 saturated heterocycles. The van der Waals surface area contributed by atoms with Gasteiger partial charge in [0.15, 0.2) is 0 Å². The summed E-state index contributed by atoms with van der Waals surface area (Å²) in [5.74, 6) is -0.0361. The van der Waals surface area contributed by atoms with Gasteiger partial charge >= 0.3 is 0 Å². The Kier molecular flexibility index (Phi) is 15.5. The Morgan fingerprint density at radius 1 is 0.792 bits per heavy atom. The molecule has 1 aromatic carbocycles. The van der Waals surface area contributed by atoms with Crippen molar-refractivity contribution < 1.29 is 12.6 Å². The molecule has 5 heteroatoms. The summed E-state index contributed by atoms with van der Waals surface area (Å²) in [7, 11) is -3.44. The van der Waals surface area contributed by atoms with E-state index in [9.17, 15) is 8.42 Å². The van der Waals surface area contributed by atoms with Crippen molar-refractivity contribution in [3.8, 4) is 0 Å². The summed E-state index contributed by atoms with van der Waals surface area (Å²) in [5.41, 5.74) is 0.774. The summed E-state index contributed by atoms with van der Waals surface area (Å²) in [6, 6.07) is 9.17. The Morgan fingerprint density at radius 3 is 1.83 bits per heavy atom. The maximum atomic E-state index is 11.8. The molecule has 0 fully saturated rings. The zero-order valence-electron chi connectivity index (χ0n) is 15.5. The standard InChI is InChI=1S/C19H32O3S.Na/c1-2-3-4-5-6-7-8-9-10-14-17-22-23(20,21)18-19-15-12-11-13-16-19;/h11-13,15-16H,2-10,14,17-18H2,1H3;. The van der Waals surface area contributed by atoms with Crippen LogP contribution in [0.15, 0.2) is 30.3 Å². The third-order valence-electron chi connectivity index (χ3n) is 3.95. The van der Waals surface area contributed by atoms with E-state index in [1.807, 2.05) is 18.2 Å². The van der Waals surface area contributed by atoms with Gasteiger partial charge in [-0.15, -0.1) is 0 Å². The van der Waals surface area contributed by atoms with E-state index in [2.05, 4.69) is 6.92 Å².